The van der Waals surface area contributed by atoms with Gasteiger partial charge in [-0.15, -0.1) is 0 Å². The first kappa shape index (κ1) is 24.9. The molecule has 0 atom stereocenters. The van der Waals surface area contributed by atoms with E-state index in [1.807, 2.05) is 0 Å². The van der Waals surface area contributed by atoms with Crippen LogP contribution in [-0.4, -0.2) is 0 Å². The molecule has 8 rings (SSSR count). The third kappa shape index (κ3) is 3.40. The molecule has 3 aliphatic rings. The van der Waals surface area contributed by atoms with Crippen LogP contribution in [0.3, 0.4) is 0 Å². The zero-order chi connectivity index (χ0) is 28.1. The van der Waals surface area contributed by atoms with Gasteiger partial charge in [0.1, 0.15) is 0 Å². The van der Waals surface area contributed by atoms with Crippen LogP contribution in [0.15, 0.2) is 91.0 Å². The Morgan fingerprint density at radius 2 is 0.976 bits per heavy atom. The largest absolute Gasteiger partial charge is 0.0622 e. The third-order valence-electron chi connectivity index (χ3n) is 10.6. The standard InChI is InChI=1S/C41H38/c1-25-20-28(26-14-8-6-9-15-26)21-36-38(25)32-23-35-33(24-34(32)40(36,2)3)39-30-19-13-12-18-29(30)31(22-37(39)41(35,4)5)27-16-10-7-11-17-27/h6-11,14-17,20-24H,12-13,18-19H2,1-5H3. The van der Waals surface area contributed by atoms with Gasteiger partial charge in [0.2, 0.25) is 0 Å². The van der Waals surface area contributed by atoms with Crippen LogP contribution in [0, 0.1) is 6.92 Å². The number of aryl methyl sites for hydroxylation is 1. The molecule has 0 amide bonds. The van der Waals surface area contributed by atoms with E-state index in [0.717, 1.165) is 0 Å². The molecule has 0 N–H and O–H groups in total. The van der Waals surface area contributed by atoms with Crippen LogP contribution in [0.1, 0.15) is 79.5 Å². The minimum atomic E-state index is -0.0494. The molecule has 0 saturated heterocycles. The molecule has 0 fully saturated rings. The maximum absolute atomic E-state index is 2.61. The molecule has 41 heavy (non-hydrogen) atoms. The fourth-order valence-electron chi connectivity index (χ4n) is 8.39. The van der Waals surface area contributed by atoms with Gasteiger partial charge >= 0.3 is 0 Å². The summed E-state index contributed by atoms with van der Waals surface area (Å²) in [5.41, 5.74) is 21.9. The Labute approximate surface area is 245 Å². The van der Waals surface area contributed by atoms with Crippen molar-refractivity contribution >= 4 is 0 Å². The minimum Gasteiger partial charge on any atom is -0.0622 e. The predicted molar refractivity (Wildman–Crippen MR) is 174 cm³/mol. The summed E-state index contributed by atoms with van der Waals surface area (Å²) >= 11 is 0. The van der Waals surface area contributed by atoms with Crippen molar-refractivity contribution in [3.8, 4) is 44.5 Å². The van der Waals surface area contributed by atoms with E-state index in [-0.39, 0.29) is 10.8 Å². The summed E-state index contributed by atoms with van der Waals surface area (Å²) in [7, 11) is 0. The lowest BCUT2D eigenvalue weighted by Gasteiger charge is -2.27. The molecule has 0 aromatic heterocycles. The van der Waals surface area contributed by atoms with Gasteiger partial charge in [0.15, 0.2) is 0 Å². The van der Waals surface area contributed by atoms with E-state index in [1.54, 1.807) is 16.7 Å². The molecule has 0 spiro atoms. The molecule has 0 heteroatoms. The average Bonchev–Trinajstić information content (AvgIpc) is 3.36. The Kier molecular flexibility index (Phi) is 5.19. The first-order valence-electron chi connectivity index (χ1n) is 15.4. The van der Waals surface area contributed by atoms with Crippen molar-refractivity contribution in [1.82, 2.24) is 0 Å². The summed E-state index contributed by atoms with van der Waals surface area (Å²) in [6, 6.07) is 34.6. The molecule has 5 aromatic carbocycles. The third-order valence-corrected chi connectivity index (χ3v) is 10.6. The van der Waals surface area contributed by atoms with Gasteiger partial charge in [-0.2, -0.15) is 0 Å². The lowest BCUT2D eigenvalue weighted by atomic mass is 9.77. The Hall–Kier alpha value is -3.90. The van der Waals surface area contributed by atoms with Gasteiger partial charge in [-0.3, -0.25) is 0 Å². The van der Waals surface area contributed by atoms with Crippen LogP contribution >= 0.6 is 0 Å². The summed E-state index contributed by atoms with van der Waals surface area (Å²) in [6.07, 6.45) is 4.95. The van der Waals surface area contributed by atoms with Crippen molar-refractivity contribution < 1.29 is 0 Å². The van der Waals surface area contributed by atoms with Crippen LogP contribution in [0.25, 0.3) is 44.5 Å². The molecule has 0 bridgehead atoms. The van der Waals surface area contributed by atoms with Gasteiger partial charge in [-0.1, -0.05) is 94.4 Å². The van der Waals surface area contributed by atoms with Crippen molar-refractivity contribution in [2.24, 2.45) is 0 Å². The molecule has 5 aromatic rings. The van der Waals surface area contributed by atoms with Crippen molar-refractivity contribution in [2.75, 3.05) is 0 Å². The van der Waals surface area contributed by atoms with E-state index in [1.165, 1.54) is 92.4 Å². The SMILES string of the molecule is Cc1cc(-c2ccccc2)cc2c1-c1cc3c(cc1C2(C)C)-c1c(cc(-c2ccccc2)c2c1CCCC2)C3(C)C. The van der Waals surface area contributed by atoms with Crippen LogP contribution in [0.2, 0.25) is 0 Å². The maximum Gasteiger partial charge on any atom is 0.0159 e. The highest BCUT2D eigenvalue weighted by Crippen LogP contribution is 2.59. The highest BCUT2D eigenvalue weighted by atomic mass is 14.5. The molecule has 0 saturated carbocycles. The highest BCUT2D eigenvalue weighted by molar-refractivity contribution is 5.94. The number of rotatable bonds is 2. The van der Waals surface area contributed by atoms with Gasteiger partial charge in [0.05, 0.1) is 0 Å². The van der Waals surface area contributed by atoms with Gasteiger partial charge in [-0.25, -0.2) is 0 Å². The van der Waals surface area contributed by atoms with Gasteiger partial charge in [-0.05, 0) is 140 Å². The zero-order valence-electron chi connectivity index (χ0n) is 25.0. The molecule has 0 nitrogen and oxygen atoms in total. The van der Waals surface area contributed by atoms with Crippen LogP contribution in [0.4, 0.5) is 0 Å². The smallest absolute Gasteiger partial charge is 0.0159 e. The summed E-state index contributed by atoms with van der Waals surface area (Å²) in [4.78, 5) is 0. The van der Waals surface area contributed by atoms with Gasteiger partial charge in [0.25, 0.3) is 0 Å². The fraction of sp³-hybridized carbons (Fsp3) is 0.268. The van der Waals surface area contributed by atoms with E-state index in [9.17, 15) is 0 Å². The zero-order valence-corrected chi connectivity index (χ0v) is 25.0. The normalized spacial score (nSPS) is 16.9. The van der Waals surface area contributed by atoms with Crippen LogP contribution < -0.4 is 0 Å². The predicted octanol–water partition coefficient (Wildman–Crippen LogP) is 10.8. The second kappa shape index (κ2) is 8.56. The molecule has 202 valence electrons. The van der Waals surface area contributed by atoms with Crippen molar-refractivity contribution in [2.45, 2.75) is 71.1 Å². The molecule has 0 heterocycles. The Morgan fingerprint density at radius 1 is 0.463 bits per heavy atom. The number of hydrogen-bond acceptors (Lipinski definition) is 0. The molecule has 0 radical (unpaired) electrons. The summed E-state index contributed by atoms with van der Waals surface area (Å²) in [6.45, 7) is 12.1. The van der Waals surface area contributed by atoms with E-state index >= 15 is 0 Å². The first-order valence-corrected chi connectivity index (χ1v) is 15.4. The number of hydrogen-bond donors (Lipinski definition) is 0. The Balaban J connectivity index is 1.37. The monoisotopic (exact) mass is 530 g/mol. The first-order chi connectivity index (χ1) is 19.8. The molecular formula is C41H38. The van der Waals surface area contributed by atoms with Crippen molar-refractivity contribution in [1.29, 1.82) is 0 Å². The van der Waals surface area contributed by atoms with E-state index in [0.29, 0.717) is 0 Å². The lowest BCUT2D eigenvalue weighted by molar-refractivity contribution is 0.649. The van der Waals surface area contributed by atoms with E-state index < -0.39 is 0 Å². The quantitative estimate of drug-likeness (QED) is 0.213. The van der Waals surface area contributed by atoms with Crippen LogP contribution in [0.5, 0.6) is 0 Å². The van der Waals surface area contributed by atoms with Crippen molar-refractivity contribution in [3.63, 3.8) is 0 Å². The second-order valence-corrected chi connectivity index (χ2v) is 13.7. The maximum atomic E-state index is 2.61. The average molecular weight is 531 g/mol. The number of fused-ring (bicyclic) bond motifs is 8. The molecule has 0 aliphatic heterocycles. The summed E-state index contributed by atoms with van der Waals surface area (Å²) in [5.74, 6) is 0. The minimum absolute atomic E-state index is 0.0412. The Bertz CT molecular complexity index is 1870. The second-order valence-electron chi connectivity index (χ2n) is 13.7. The summed E-state index contributed by atoms with van der Waals surface area (Å²) < 4.78 is 0. The Morgan fingerprint density at radius 3 is 1.61 bits per heavy atom. The highest BCUT2D eigenvalue weighted by Gasteiger charge is 2.43. The van der Waals surface area contributed by atoms with Gasteiger partial charge in [0, 0.05) is 10.8 Å². The van der Waals surface area contributed by atoms with Gasteiger partial charge < -0.3 is 0 Å². The molecule has 0 unspecified atom stereocenters. The fourth-order valence-corrected chi connectivity index (χ4v) is 8.39. The summed E-state index contributed by atoms with van der Waals surface area (Å²) in [5, 5.41) is 0. The molecule has 3 aliphatic carbocycles. The van der Waals surface area contributed by atoms with Crippen molar-refractivity contribution in [3.05, 3.63) is 130 Å². The van der Waals surface area contributed by atoms with E-state index in [4.69, 9.17) is 0 Å². The topological polar surface area (TPSA) is 0 Å². The van der Waals surface area contributed by atoms with E-state index in [2.05, 4.69) is 126 Å². The lowest BCUT2D eigenvalue weighted by Crippen LogP contribution is -2.17. The molecular weight excluding hydrogens is 492 g/mol. The number of benzene rings is 5. The van der Waals surface area contributed by atoms with Crippen LogP contribution in [-0.2, 0) is 23.7 Å².